The lowest BCUT2D eigenvalue weighted by Crippen LogP contribution is -2.23. The Labute approximate surface area is 253 Å². The molecule has 1 saturated carbocycles. The number of carbonyl (C=O) groups is 1. The normalized spacial score (nSPS) is 18.6. The number of pyridine rings is 1. The Morgan fingerprint density at radius 1 is 1.05 bits per heavy atom. The molecule has 1 unspecified atom stereocenters. The second-order valence-corrected chi connectivity index (χ2v) is 13.0. The van der Waals surface area contributed by atoms with Gasteiger partial charge in [-0.2, -0.15) is 8.42 Å². The van der Waals surface area contributed by atoms with Gasteiger partial charge in [0.1, 0.15) is 18.0 Å². The molecule has 2 aromatic carbocycles. The summed E-state index contributed by atoms with van der Waals surface area (Å²) < 4.78 is 52.4. The second kappa shape index (κ2) is 13.0. The van der Waals surface area contributed by atoms with Crippen LogP contribution in [0.4, 0.5) is 0 Å². The van der Waals surface area contributed by atoms with Gasteiger partial charge < -0.3 is 18.9 Å². The van der Waals surface area contributed by atoms with Crippen LogP contribution in [-0.2, 0) is 35.0 Å². The lowest BCUT2D eigenvalue weighted by Gasteiger charge is -2.30. The number of rotatable bonds is 12. The summed E-state index contributed by atoms with van der Waals surface area (Å²) in [5, 5.41) is 0. The second-order valence-electron chi connectivity index (χ2n) is 11.4. The molecule has 2 heterocycles. The summed E-state index contributed by atoms with van der Waals surface area (Å²) in [6, 6.07) is 15.9. The summed E-state index contributed by atoms with van der Waals surface area (Å²) in [7, 11) is 0.693. The van der Waals surface area contributed by atoms with E-state index in [1.807, 2.05) is 31.2 Å². The molecule has 1 fully saturated rings. The fraction of sp³-hybridized carbons (Fsp3) is 0.455. The van der Waals surface area contributed by atoms with Gasteiger partial charge in [-0.3, -0.25) is 8.98 Å². The summed E-state index contributed by atoms with van der Waals surface area (Å²) in [4.78, 5) is 16.7. The Morgan fingerprint density at radius 3 is 2.51 bits per heavy atom. The van der Waals surface area contributed by atoms with E-state index in [9.17, 15) is 13.2 Å². The number of esters is 1. The number of hydrogen-bond donors (Lipinski definition) is 0. The van der Waals surface area contributed by atoms with Crippen molar-refractivity contribution in [2.24, 2.45) is 11.8 Å². The van der Waals surface area contributed by atoms with Crippen LogP contribution in [0.25, 0.3) is 11.1 Å². The van der Waals surface area contributed by atoms with E-state index in [-0.39, 0.29) is 30.5 Å². The smallest absolute Gasteiger partial charge is 0.309 e. The topological polar surface area (TPSA) is 110 Å². The summed E-state index contributed by atoms with van der Waals surface area (Å²) in [5.41, 5.74) is 5.34. The van der Waals surface area contributed by atoms with E-state index in [1.165, 1.54) is 14.2 Å². The van der Waals surface area contributed by atoms with Crippen LogP contribution in [0.3, 0.4) is 0 Å². The number of methoxy groups -OCH3 is 3. The van der Waals surface area contributed by atoms with Crippen LogP contribution in [0.15, 0.2) is 54.7 Å². The third-order valence-corrected chi connectivity index (χ3v) is 8.90. The predicted octanol–water partition coefficient (Wildman–Crippen LogP) is 5.79. The lowest BCUT2D eigenvalue weighted by molar-refractivity contribution is -0.145. The Kier molecular flexibility index (Phi) is 9.39. The fourth-order valence-electron chi connectivity index (χ4n) is 6.12. The van der Waals surface area contributed by atoms with Gasteiger partial charge in [0.15, 0.2) is 0 Å². The third kappa shape index (κ3) is 7.20. The van der Waals surface area contributed by atoms with E-state index in [4.69, 9.17) is 23.1 Å². The largest absolute Gasteiger partial charge is 0.485 e. The van der Waals surface area contributed by atoms with Crippen molar-refractivity contribution in [2.45, 2.75) is 50.7 Å². The van der Waals surface area contributed by atoms with Crippen LogP contribution in [0, 0.1) is 11.8 Å². The zero-order valence-corrected chi connectivity index (χ0v) is 26.1. The van der Waals surface area contributed by atoms with Gasteiger partial charge in [0.05, 0.1) is 33.0 Å². The number of nitrogens with zero attached hydrogens (tertiary/aromatic N) is 1. The average molecular weight is 610 g/mol. The molecule has 0 N–H and O–H groups in total. The SMILES string of the molecule is COCC(OS(C)(=O)=O)c1cc([C@H]2CCc3ccc([C@H](C4CC4)[C@H](C)C(=O)OC)cc3O2)ccc1-c1ccnc(OC)c1. The van der Waals surface area contributed by atoms with Crippen molar-refractivity contribution in [1.29, 1.82) is 0 Å². The van der Waals surface area contributed by atoms with Crippen LogP contribution < -0.4 is 9.47 Å². The minimum absolute atomic E-state index is 0.0321. The first kappa shape index (κ1) is 31.0. The quantitative estimate of drug-likeness (QED) is 0.186. The number of hydrogen-bond acceptors (Lipinski definition) is 9. The Bertz CT molecular complexity index is 1570. The van der Waals surface area contributed by atoms with E-state index in [1.54, 1.807) is 19.4 Å². The molecule has 1 aliphatic carbocycles. The maximum Gasteiger partial charge on any atom is 0.309 e. The van der Waals surface area contributed by atoms with Crippen molar-refractivity contribution in [1.82, 2.24) is 4.98 Å². The summed E-state index contributed by atoms with van der Waals surface area (Å²) >= 11 is 0. The number of aryl methyl sites for hydroxylation is 1. The van der Waals surface area contributed by atoms with Crippen molar-refractivity contribution < 1.29 is 36.3 Å². The number of carbonyl (C=O) groups excluding carboxylic acids is 1. The average Bonchev–Trinajstić information content (AvgIpc) is 3.84. The van der Waals surface area contributed by atoms with Gasteiger partial charge in [0.25, 0.3) is 10.1 Å². The zero-order valence-electron chi connectivity index (χ0n) is 25.2. The molecule has 0 spiro atoms. The van der Waals surface area contributed by atoms with Crippen LogP contribution >= 0.6 is 0 Å². The van der Waals surface area contributed by atoms with Crippen molar-refractivity contribution in [2.75, 3.05) is 34.2 Å². The number of fused-ring (bicyclic) bond motifs is 1. The molecule has 1 aliphatic heterocycles. The number of ether oxygens (including phenoxy) is 4. The van der Waals surface area contributed by atoms with Crippen LogP contribution in [0.1, 0.15) is 66.6 Å². The van der Waals surface area contributed by atoms with Crippen molar-refractivity contribution in [3.05, 3.63) is 77.0 Å². The predicted molar refractivity (Wildman–Crippen MR) is 162 cm³/mol. The number of benzene rings is 2. The van der Waals surface area contributed by atoms with Crippen LogP contribution in [0.2, 0.25) is 0 Å². The molecule has 0 amide bonds. The first-order valence-corrected chi connectivity index (χ1v) is 16.3. The minimum Gasteiger partial charge on any atom is -0.485 e. The molecule has 9 nitrogen and oxygen atoms in total. The highest BCUT2D eigenvalue weighted by Crippen LogP contribution is 2.48. The minimum atomic E-state index is -3.79. The van der Waals surface area contributed by atoms with Gasteiger partial charge in [-0.1, -0.05) is 31.2 Å². The third-order valence-electron chi connectivity index (χ3n) is 8.32. The molecule has 0 bridgehead atoms. The molecule has 1 aromatic heterocycles. The first-order chi connectivity index (χ1) is 20.6. The molecule has 10 heteroatoms. The van der Waals surface area contributed by atoms with E-state index in [0.717, 1.165) is 65.5 Å². The van der Waals surface area contributed by atoms with Gasteiger partial charge >= 0.3 is 5.97 Å². The maximum absolute atomic E-state index is 12.4. The van der Waals surface area contributed by atoms with Gasteiger partial charge in [0, 0.05) is 19.4 Å². The van der Waals surface area contributed by atoms with Crippen LogP contribution in [-0.4, -0.2) is 53.6 Å². The lowest BCUT2D eigenvalue weighted by atomic mass is 9.82. The molecule has 2 aliphatic rings. The van der Waals surface area contributed by atoms with E-state index in [0.29, 0.717) is 17.4 Å². The monoisotopic (exact) mass is 609 g/mol. The Balaban J connectivity index is 1.51. The zero-order chi connectivity index (χ0) is 30.7. The van der Waals surface area contributed by atoms with E-state index >= 15 is 0 Å². The van der Waals surface area contributed by atoms with Gasteiger partial charge in [0.2, 0.25) is 5.88 Å². The summed E-state index contributed by atoms with van der Waals surface area (Å²) in [5.74, 6) is 1.34. The molecule has 0 saturated heterocycles. The first-order valence-electron chi connectivity index (χ1n) is 14.5. The van der Waals surface area contributed by atoms with Crippen molar-refractivity contribution >= 4 is 16.1 Å². The maximum atomic E-state index is 12.4. The molecule has 4 atom stereocenters. The summed E-state index contributed by atoms with van der Waals surface area (Å²) in [6.07, 6.45) is 5.30. The number of aromatic nitrogens is 1. The molecule has 0 radical (unpaired) electrons. The molecular formula is C33H39NO8S. The molecular weight excluding hydrogens is 570 g/mol. The van der Waals surface area contributed by atoms with E-state index in [2.05, 4.69) is 23.2 Å². The Hall–Kier alpha value is -3.47. The molecule has 43 heavy (non-hydrogen) atoms. The van der Waals surface area contributed by atoms with Gasteiger partial charge in [-0.15, -0.1) is 0 Å². The van der Waals surface area contributed by atoms with E-state index < -0.39 is 16.2 Å². The highest BCUT2D eigenvalue weighted by Gasteiger charge is 2.39. The van der Waals surface area contributed by atoms with Crippen LogP contribution in [0.5, 0.6) is 11.6 Å². The summed E-state index contributed by atoms with van der Waals surface area (Å²) in [6.45, 7) is 1.97. The molecule has 230 valence electrons. The van der Waals surface area contributed by atoms with Crippen molar-refractivity contribution in [3.63, 3.8) is 0 Å². The highest BCUT2D eigenvalue weighted by atomic mass is 32.2. The van der Waals surface area contributed by atoms with Crippen molar-refractivity contribution in [3.8, 4) is 22.8 Å². The standard InChI is InChI=1S/C33H39NO8S/c1-20(33(35)40-4)32(22-7-8-22)25-9-6-21-11-13-28(41-29(21)17-25)24-10-12-26(23-14-15-34-31(18-23)39-3)27(16-24)30(19-38-2)42-43(5,36)37/h6,9-10,12,14-18,20,22,28,30,32H,7-8,11,13,19H2,1-5H3/t20-,28+,30?,32-/m0/s1. The molecule has 5 rings (SSSR count). The fourth-order valence-corrected chi connectivity index (χ4v) is 6.70. The van der Waals surface area contributed by atoms with Gasteiger partial charge in [-0.25, -0.2) is 4.98 Å². The van der Waals surface area contributed by atoms with Gasteiger partial charge in [-0.05, 0) is 89.1 Å². The highest BCUT2D eigenvalue weighted by molar-refractivity contribution is 7.86. The Morgan fingerprint density at radius 2 is 1.84 bits per heavy atom. The molecule has 3 aromatic rings.